The monoisotopic (exact) mass is 353 g/mol. The van der Waals surface area contributed by atoms with E-state index in [0.717, 1.165) is 9.13 Å². The molecule has 2 aromatic rings. The number of aryl methyl sites for hydroxylation is 1. The molecule has 0 saturated heterocycles. The summed E-state index contributed by atoms with van der Waals surface area (Å²) in [5, 5.41) is 9.73. The van der Waals surface area contributed by atoms with E-state index in [1.54, 1.807) is 24.5 Å². The number of carbonyl (C=O) groups is 1. The Morgan fingerprint density at radius 3 is 2.89 bits per heavy atom. The van der Waals surface area contributed by atoms with E-state index in [4.69, 9.17) is 0 Å². The summed E-state index contributed by atoms with van der Waals surface area (Å²) in [5.74, 6) is 0.153. The highest BCUT2D eigenvalue weighted by atomic mass is 127. The molecule has 0 fully saturated rings. The zero-order valence-electron chi connectivity index (χ0n) is 9.85. The van der Waals surface area contributed by atoms with E-state index < -0.39 is 0 Å². The molecule has 0 aliphatic rings. The van der Waals surface area contributed by atoms with Crippen LogP contribution >= 0.6 is 22.6 Å². The second kappa shape index (κ2) is 5.48. The molecule has 1 heterocycles. The number of phenols is 1. The van der Waals surface area contributed by atoms with Crippen LogP contribution in [0.3, 0.4) is 0 Å². The van der Waals surface area contributed by atoms with Crippen molar-refractivity contribution in [1.29, 1.82) is 0 Å². The predicted octanol–water partition coefficient (Wildman–Crippen LogP) is 3.13. The number of Topliss-reactive ketones (excluding diaryl/α,β-unsaturated/α-hetero) is 1. The quantitative estimate of drug-likeness (QED) is 0.681. The minimum Gasteiger partial charge on any atom is -0.508 e. The molecule has 4 heteroatoms. The Balaban J connectivity index is 2.27. The number of nitrogens with zero attached hydrogens (tertiary/aromatic N) is 1. The van der Waals surface area contributed by atoms with Crippen LogP contribution in [0.4, 0.5) is 0 Å². The molecular weight excluding hydrogens is 341 g/mol. The largest absolute Gasteiger partial charge is 0.508 e. The summed E-state index contributed by atoms with van der Waals surface area (Å²) in [4.78, 5) is 16.1. The van der Waals surface area contributed by atoms with Crippen molar-refractivity contribution in [3.05, 3.63) is 56.9 Å². The number of aromatic nitrogens is 1. The Labute approximate surface area is 119 Å². The van der Waals surface area contributed by atoms with Gasteiger partial charge in [0.25, 0.3) is 0 Å². The van der Waals surface area contributed by atoms with Crippen molar-refractivity contribution in [2.45, 2.75) is 13.3 Å². The lowest BCUT2D eigenvalue weighted by Crippen LogP contribution is -2.06. The first-order chi connectivity index (χ1) is 8.58. The predicted molar refractivity (Wildman–Crippen MR) is 77.8 cm³/mol. The summed E-state index contributed by atoms with van der Waals surface area (Å²) in [7, 11) is 0. The number of hydrogen-bond donors (Lipinski definition) is 1. The van der Waals surface area contributed by atoms with Gasteiger partial charge in [-0.25, -0.2) is 0 Å². The van der Waals surface area contributed by atoms with Crippen LogP contribution in [-0.2, 0) is 6.42 Å². The van der Waals surface area contributed by atoms with Gasteiger partial charge in [-0.2, -0.15) is 0 Å². The molecule has 0 saturated carbocycles. The third-order valence-electron chi connectivity index (χ3n) is 2.66. The van der Waals surface area contributed by atoms with Gasteiger partial charge in [0.15, 0.2) is 5.78 Å². The third kappa shape index (κ3) is 2.87. The van der Waals surface area contributed by atoms with E-state index in [-0.39, 0.29) is 18.0 Å². The number of phenolic OH excluding ortho intramolecular Hbond substituents is 1. The summed E-state index contributed by atoms with van der Waals surface area (Å²) < 4.78 is 0.826. The summed E-state index contributed by atoms with van der Waals surface area (Å²) in [6, 6.07) is 6.98. The summed E-state index contributed by atoms with van der Waals surface area (Å²) in [6.45, 7) is 1.93. The second-order valence-corrected chi connectivity index (χ2v) is 5.25. The first kappa shape index (κ1) is 13.0. The van der Waals surface area contributed by atoms with E-state index in [2.05, 4.69) is 27.6 Å². The van der Waals surface area contributed by atoms with Crippen molar-refractivity contribution in [2.75, 3.05) is 0 Å². The first-order valence-electron chi connectivity index (χ1n) is 5.49. The van der Waals surface area contributed by atoms with E-state index in [9.17, 15) is 9.90 Å². The van der Waals surface area contributed by atoms with Crippen molar-refractivity contribution in [3.8, 4) is 5.75 Å². The maximum atomic E-state index is 12.2. The van der Waals surface area contributed by atoms with Crippen molar-refractivity contribution in [3.63, 3.8) is 0 Å². The minimum absolute atomic E-state index is 0.0114. The molecule has 92 valence electrons. The average Bonchev–Trinajstić information content (AvgIpc) is 2.34. The van der Waals surface area contributed by atoms with Crippen LogP contribution in [0.5, 0.6) is 5.75 Å². The minimum atomic E-state index is -0.0114. The van der Waals surface area contributed by atoms with Crippen LogP contribution in [0.2, 0.25) is 0 Å². The molecule has 0 amide bonds. The molecule has 0 radical (unpaired) electrons. The standard InChI is InChI=1S/C14H12INO2/c1-9-2-3-13(17)10(6-9)7-14(18)11-4-5-16-8-12(11)15/h2-6,8,17H,7H2,1H3. The fourth-order valence-corrected chi connectivity index (χ4v) is 2.37. The maximum absolute atomic E-state index is 12.2. The SMILES string of the molecule is Cc1ccc(O)c(CC(=O)c2ccncc2I)c1. The van der Waals surface area contributed by atoms with Crippen LogP contribution in [-0.4, -0.2) is 15.9 Å². The van der Waals surface area contributed by atoms with Gasteiger partial charge < -0.3 is 5.11 Å². The molecule has 0 unspecified atom stereocenters. The van der Waals surface area contributed by atoms with Gasteiger partial charge in [0.1, 0.15) is 5.75 Å². The highest BCUT2D eigenvalue weighted by Gasteiger charge is 2.12. The van der Waals surface area contributed by atoms with Crippen LogP contribution in [0.15, 0.2) is 36.7 Å². The van der Waals surface area contributed by atoms with Gasteiger partial charge in [-0.3, -0.25) is 9.78 Å². The summed E-state index contributed by atoms with van der Waals surface area (Å²) in [6.07, 6.45) is 3.46. The van der Waals surface area contributed by atoms with Crippen LogP contribution in [0.1, 0.15) is 21.5 Å². The van der Waals surface area contributed by atoms with Gasteiger partial charge in [0.2, 0.25) is 0 Å². The Hall–Kier alpha value is -1.43. The van der Waals surface area contributed by atoms with Crippen molar-refractivity contribution < 1.29 is 9.90 Å². The fraction of sp³-hybridized carbons (Fsp3) is 0.143. The number of hydrogen-bond acceptors (Lipinski definition) is 3. The van der Waals surface area contributed by atoms with Gasteiger partial charge in [-0.05, 0) is 41.6 Å². The maximum Gasteiger partial charge on any atom is 0.168 e. The lowest BCUT2D eigenvalue weighted by Gasteiger charge is -2.06. The second-order valence-electron chi connectivity index (χ2n) is 4.09. The van der Waals surface area contributed by atoms with Crippen molar-refractivity contribution in [1.82, 2.24) is 4.98 Å². The molecule has 0 bridgehead atoms. The molecule has 1 aromatic carbocycles. The number of pyridine rings is 1. The molecule has 0 aliphatic carbocycles. The van der Waals surface area contributed by atoms with E-state index >= 15 is 0 Å². The van der Waals surface area contributed by atoms with Crippen LogP contribution in [0, 0.1) is 10.5 Å². The summed E-state index contributed by atoms with van der Waals surface area (Å²) >= 11 is 2.09. The average molecular weight is 353 g/mol. The van der Waals surface area contributed by atoms with E-state index in [1.165, 1.54) is 0 Å². The molecule has 0 atom stereocenters. The molecule has 1 aromatic heterocycles. The fourth-order valence-electron chi connectivity index (χ4n) is 1.73. The number of ketones is 1. The van der Waals surface area contributed by atoms with Gasteiger partial charge in [0, 0.05) is 33.5 Å². The highest BCUT2D eigenvalue weighted by molar-refractivity contribution is 14.1. The molecule has 3 nitrogen and oxygen atoms in total. The Kier molecular flexibility index (Phi) is 3.96. The first-order valence-corrected chi connectivity index (χ1v) is 6.57. The van der Waals surface area contributed by atoms with Crippen molar-refractivity contribution >= 4 is 28.4 Å². The topological polar surface area (TPSA) is 50.2 Å². The zero-order valence-corrected chi connectivity index (χ0v) is 12.0. The normalized spacial score (nSPS) is 10.3. The number of rotatable bonds is 3. The lowest BCUT2D eigenvalue weighted by molar-refractivity contribution is 0.0991. The number of benzene rings is 1. The molecule has 0 spiro atoms. The van der Waals surface area contributed by atoms with E-state index in [0.29, 0.717) is 11.1 Å². The number of aromatic hydroxyl groups is 1. The van der Waals surface area contributed by atoms with Crippen molar-refractivity contribution in [2.24, 2.45) is 0 Å². The number of halogens is 1. The highest BCUT2D eigenvalue weighted by Crippen LogP contribution is 2.21. The Bertz CT molecular complexity index is 596. The molecule has 2 rings (SSSR count). The molecule has 18 heavy (non-hydrogen) atoms. The van der Waals surface area contributed by atoms with Crippen LogP contribution in [0.25, 0.3) is 0 Å². The third-order valence-corrected chi connectivity index (χ3v) is 3.52. The molecule has 1 N–H and O–H groups in total. The zero-order chi connectivity index (χ0) is 13.1. The number of carbonyl (C=O) groups excluding carboxylic acids is 1. The van der Waals surface area contributed by atoms with E-state index in [1.807, 2.05) is 19.1 Å². The molecule has 0 aliphatic heterocycles. The summed E-state index contributed by atoms with van der Waals surface area (Å²) in [5.41, 5.74) is 2.33. The Morgan fingerprint density at radius 2 is 2.17 bits per heavy atom. The van der Waals surface area contributed by atoms with Gasteiger partial charge in [0.05, 0.1) is 0 Å². The lowest BCUT2D eigenvalue weighted by atomic mass is 10.0. The smallest absolute Gasteiger partial charge is 0.168 e. The van der Waals surface area contributed by atoms with Gasteiger partial charge >= 0.3 is 0 Å². The Morgan fingerprint density at radius 1 is 1.39 bits per heavy atom. The van der Waals surface area contributed by atoms with Crippen LogP contribution < -0.4 is 0 Å². The van der Waals surface area contributed by atoms with Gasteiger partial charge in [-0.15, -0.1) is 0 Å². The van der Waals surface area contributed by atoms with Gasteiger partial charge in [-0.1, -0.05) is 17.7 Å². The molecular formula is C14H12INO2.